The lowest BCUT2D eigenvalue weighted by atomic mass is 9.92. The zero-order valence-electron chi connectivity index (χ0n) is 7.45. The van der Waals surface area contributed by atoms with Crippen molar-refractivity contribution in [2.24, 2.45) is 5.92 Å². The fraction of sp³-hybridized carbons (Fsp3) is 0.667. The first-order valence-corrected chi connectivity index (χ1v) is 4.06. The number of rotatable bonds is 3. The minimum absolute atomic E-state index is 0.0116. The quantitative estimate of drug-likeness (QED) is 0.596. The van der Waals surface area contributed by atoms with Gasteiger partial charge in [-0.25, -0.2) is 0 Å². The largest absolute Gasteiger partial charge is 0.359 e. The van der Waals surface area contributed by atoms with Gasteiger partial charge in [0.2, 0.25) is 0 Å². The Labute approximate surface area is 72.4 Å². The first-order chi connectivity index (χ1) is 5.75. The van der Waals surface area contributed by atoms with Crippen LogP contribution in [0, 0.1) is 5.92 Å². The van der Waals surface area contributed by atoms with Gasteiger partial charge in [-0.2, -0.15) is 0 Å². The van der Waals surface area contributed by atoms with Gasteiger partial charge in [-0.1, -0.05) is 13.0 Å². The average molecular weight is 170 g/mol. The highest BCUT2D eigenvalue weighted by atomic mass is 16.7. The number of ether oxygens (including phenoxy) is 2. The molecule has 0 heterocycles. The third kappa shape index (κ3) is 2.16. The van der Waals surface area contributed by atoms with Crippen LogP contribution in [0.5, 0.6) is 0 Å². The van der Waals surface area contributed by atoms with Crippen molar-refractivity contribution in [3.8, 4) is 0 Å². The van der Waals surface area contributed by atoms with E-state index in [1.54, 1.807) is 13.2 Å². The third-order valence-corrected chi connectivity index (χ3v) is 2.06. The molecule has 0 saturated heterocycles. The van der Waals surface area contributed by atoms with Crippen LogP contribution in [0.1, 0.15) is 13.3 Å². The average Bonchev–Trinajstić information content (AvgIpc) is 2.08. The Balaban J connectivity index is 2.44. The van der Waals surface area contributed by atoms with Gasteiger partial charge in [-0.05, 0) is 12.5 Å². The smallest absolute Gasteiger partial charge is 0.160 e. The molecular formula is C9H14O3. The van der Waals surface area contributed by atoms with Crippen molar-refractivity contribution in [1.29, 1.82) is 0 Å². The Morgan fingerprint density at radius 3 is 3.08 bits per heavy atom. The normalized spacial score (nSPS) is 29.3. The molecule has 0 bridgehead atoms. The molecule has 0 amide bonds. The second kappa shape index (κ2) is 4.38. The Hall–Kier alpha value is -0.670. The summed E-state index contributed by atoms with van der Waals surface area (Å²) in [4.78, 5) is 11.2. The van der Waals surface area contributed by atoms with Crippen molar-refractivity contribution in [1.82, 2.24) is 0 Å². The van der Waals surface area contributed by atoms with Gasteiger partial charge in [-0.3, -0.25) is 4.79 Å². The molecule has 1 aliphatic carbocycles. The van der Waals surface area contributed by atoms with E-state index in [2.05, 4.69) is 0 Å². The van der Waals surface area contributed by atoms with Crippen LogP contribution in [-0.2, 0) is 14.3 Å². The van der Waals surface area contributed by atoms with E-state index in [0.29, 0.717) is 0 Å². The SMILES string of the molecule is COCO[C@@H]1CC=CC(=O)[C@@H]1C. The highest BCUT2D eigenvalue weighted by Gasteiger charge is 2.25. The summed E-state index contributed by atoms with van der Waals surface area (Å²) in [6.07, 6.45) is 4.26. The van der Waals surface area contributed by atoms with Crippen LogP contribution >= 0.6 is 0 Å². The molecular weight excluding hydrogens is 156 g/mol. The van der Waals surface area contributed by atoms with Crippen LogP contribution in [0.25, 0.3) is 0 Å². The Morgan fingerprint density at radius 1 is 1.67 bits per heavy atom. The molecule has 3 heteroatoms. The van der Waals surface area contributed by atoms with Crippen LogP contribution in [0.2, 0.25) is 0 Å². The molecule has 3 nitrogen and oxygen atoms in total. The van der Waals surface area contributed by atoms with E-state index in [0.717, 1.165) is 6.42 Å². The summed E-state index contributed by atoms with van der Waals surface area (Å²) in [6, 6.07) is 0. The maximum Gasteiger partial charge on any atom is 0.160 e. The van der Waals surface area contributed by atoms with Crippen LogP contribution in [0.3, 0.4) is 0 Å². The second-order valence-electron chi connectivity index (χ2n) is 2.94. The summed E-state index contributed by atoms with van der Waals surface area (Å²) >= 11 is 0. The number of hydrogen-bond donors (Lipinski definition) is 0. The lowest BCUT2D eigenvalue weighted by Crippen LogP contribution is -2.30. The molecule has 0 unspecified atom stereocenters. The fourth-order valence-electron chi connectivity index (χ4n) is 1.23. The van der Waals surface area contributed by atoms with Crippen LogP contribution in [-0.4, -0.2) is 25.8 Å². The summed E-state index contributed by atoms with van der Waals surface area (Å²) in [5.74, 6) is 0.104. The van der Waals surface area contributed by atoms with Crippen LogP contribution in [0.4, 0.5) is 0 Å². The topological polar surface area (TPSA) is 35.5 Å². The number of ketones is 1. The second-order valence-corrected chi connectivity index (χ2v) is 2.94. The molecule has 0 radical (unpaired) electrons. The summed E-state index contributed by atoms with van der Waals surface area (Å²) in [6.45, 7) is 2.14. The maximum absolute atomic E-state index is 11.2. The van der Waals surface area contributed by atoms with Crippen LogP contribution < -0.4 is 0 Å². The Morgan fingerprint density at radius 2 is 2.42 bits per heavy atom. The molecule has 0 aromatic heterocycles. The Bertz CT molecular complexity index is 186. The summed E-state index contributed by atoms with van der Waals surface area (Å²) in [5.41, 5.74) is 0. The molecule has 12 heavy (non-hydrogen) atoms. The first-order valence-electron chi connectivity index (χ1n) is 4.06. The van der Waals surface area contributed by atoms with Gasteiger partial charge in [0.05, 0.1) is 6.10 Å². The lowest BCUT2D eigenvalue weighted by Gasteiger charge is -2.23. The van der Waals surface area contributed by atoms with Gasteiger partial charge in [-0.15, -0.1) is 0 Å². The van der Waals surface area contributed by atoms with E-state index in [9.17, 15) is 4.79 Å². The number of methoxy groups -OCH3 is 1. The number of allylic oxidation sites excluding steroid dienone is 1. The first kappa shape index (κ1) is 9.42. The maximum atomic E-state index is 11.2. The van der Waals surface area contributed by atoms with Gasteiger partial charge in [0.25, 0.3) is 0 Å². The highest BCUT2D eigenvalue weighted by molar-refractivity contribution is 5.92. The Kier molecular flexibility index (Phi) is 3.44. The van der Waals surface area contributed by atoms with Crippen molar-refractivity contribution in [2.75, 3.05) is 13.9 Å². The standard InChI is InChI=1S/C9H14O3/c1-7-8(10)4-3-5-9(7)12-6-11-2/h3-4,7,9H,5-6H2,1-2H3/t7-,9+/m0/s1. The van der Waals surface area contributed by atoms with E-state index in [1.807, 2.05) is 13.0 Å². The predicted molar refractivity (Wildman–Crippen MR) is 44.7 cm³/mol. The van der Waals surface area contributed by atoms with E-state index in [4.69, 9.17) is 9.47 Å². The van der Waals surface area contributed by atoms with Gasteiger partial charge in [0.1, 0.15) is 6.79 Å². The molecule has 1 rings (SSSR count). The zero-order valence-corrected chi connectivity index (χ0v) is 7.45. The monoisotopic (exact) mass is 170 g/mol. The molecule has 2 atom stereocenters. The van der Waals surface area contributed by atoms with Crippen molar-refractivity contribution < 1.29 is 14.3 Å². The number of carbonyl (C=O) groups excluding carboxylic acids is 1. The van der Waals surface area contributed by atoms with E-state index in [-0.39, 0.29) is 24.6 Å². The third-order valence-electron chi connectivity index (χ3n) is 2.06. The van der Waals surface area contributed by atoms with Crippen molar-refractivity contribution in [2.45, 2.75) is 19.4 Å². The van der Waals surface area contributed by atoms with Gasteiger partial charge < -0.3 is 9.47 Å². The van der Waals surface area contributed by atoms with E-state index in [1.165, 1.54) is 0 Å². The predicted octanol–water partition coefficient (Wildman–Crippen LogP) is 1.14. The molecule has 0 saturated carbocycles. The van der Waals surface area contributed by atoms with Gasteiger partial charge in [0.15, 0.2) is 5.78 Å². The molecule has 1 aliphatic rings. The summed E-state index contributed by atoms with van der Waals surface area (Å²) in [7, 11) is 1.57. The summed E-state index contributed by atoms with van der Waals surface area (Å²) < 4.78 is 10.1. The minimum Gasteiger partial charge on any atom is -0.359 e. The molecule has 0 aromatic carbocycles. The van der Waals surface area contributed by atoms with Gasteiger partial charge >= 0.3 is 0 Å². The number of hydrogen-bond acceptors (Lipinski definition) is 3. The van der Waals surface area contributed by atoms with Crippen molar-refractivity contribution in [3.63, 3.8) is 0 Å². The minimum atomic E-state index is -0.0369. The van der Waals surface area contributed by atoms with Crippen molar-refractivity contribution in [3.05, 3.63) is 12.2 Å². The number of carbonyl (C=O) groups is 1. The van der Waals surface area contributed by atoms with E-state index >= 15 is 0 Å². The zero-order chi connectivity index (χ0) is 8.97. The molecule has 0 spiro atoms. The van der Waals surface area contributed by atoms with E-state index < -0.39 is 0 Å². The molecule has 0 aliphatic heterocycles. The molecule has 0 N–H and O–H groups in total. The lowest BCUT2D eigenvalue weighted by molar-refractivity contribution is -0.130. The fourth-order valence-corrected chi connectivity index (χ4v) is 1.23. The summed E-state index contributed by atoms with van der Waals surface area (Å²) in [5, 5.41) is 0. The highest BCUT2D eigenvalue weighted by Crippen LogP contribution is 2.18. The molecule has 0 fully saturated rings. The van der Waals surface area contributed by atoms with Crippen LogP contribution in [0.15, 0.2) is 12.2 Å². The van der Waals surface area contributed by atoms with Crippen molar-refractivity contribution >= 4 is 5.78 Å². The molecule has 0 aromatic rings. The van der Waals surface area contributed by atoms with Gasteiger partial charge in [0, 0.05) is 13.0 Å². The molecule has 68 valence electrons.